The second-order valence-corrected chi connectivity index (χ2v) is 4.03. The van der Waals surface area contributed by atoms with E-state index in [1.165, 1.54) is 6.20 Å². The molecule has 0 fully saturated rings. The van der Waals surface area contributed by atoms with Gasteiger partial charge in [-0.2, -0.15) is 15.1 Å². The molecule has 0 radical (unpaired) electrons. The van der Waals surface area contributed by atoms with Gasteiger partial charge in [0.25, 0.3) is 0 Å². The van der Waals surface area contributed by atoms with Gasteiger partial charge in [-0.1, -0.05) is 0 Å². The molecular formula is C12H10F2N6. The number of nitrogens with one attached hydrogen (secondary N) is 3. The maximum Gasteiger partial charge on any atom is 0.226 e. The second-order valence-electron chi connectivity index (χ2n) is 4.03. The quantitative estimate of drug-likeness (QED) is 0.684. The third-order valence-electron chi connectivity index (χ3n) is 2.71. The highest BCUT2D eigenvalue weighted by Crippen LogP contribution is 2.25. The molecule has 8 heteroatoms. The number of hydrogen-bond donors (Lipinski definition) is 3. The molecule has 3 rings (SSSR count). The van der Waals surface area contributed by atoms with E-state index in [-0.39, 0.29) is 5.69 Å². The molecule has 0 saturated heterocycles. The van der Waals surface area contributed by atoms with E-state index in [0.29, 0.717) is 22.8 Å². The topological polar surface area (TPSA) is 78.5 Å². The molecule has 0 bridgehead atoms. The average molecular weight is 276 g/mol. The number of aromatic amines is 1. The summed E-state index contributed by atoms with van der Waals surface area (Å²) >= 11 is 0. The standard InChI is InChI=1S/C12H10F2N6/c1-15-12-18-10(7-5-16-20-11(7)19-12)17-9-4-6(13)2-3-8(9)14/h2-5H,1H3,(H3,15,16,17,18,19,20). The van der Waals surface area contributed by atoms with Gasteiger partial charge in [0.2, 0.25) is 5.95 Å². The highest BCUT2D eigenvalue weighted by atomic mass is 19.1. The predicted octanol–water partition coefficient (Wildman–Crippen LogP) is 2.42. The zero-order valence-corrected chi connectivity index (χ0v) is 10.4. The summed E-state index contributed by atoms with van der Waals surface area (Å²) in [5.74, 6) is -0.452. The van der Waals surface area contributed by atoms with Crippen LogP contribution in [0.4, 0.5) is 26.2 Å². The van der Waals surface area contributed by atoms with E-state index in [0.717, 1.165) is 18.2 Å². The average Bonchev–Trinajstić information content (AvgIpc) is 2.91. The number of benzene rings is 1. The molecular weight excluding hydrogens is 266 g/mol. The van der Waals surface area contributed by atoms with E-state index < -0.39 is 11.6 Å². The highest BCUT2D eigenvalue weighted by Gasteiger charge is 2.11. The van der Waals surface area contributed by atoms with Gasteiger partial charge in [0.1, 0.15) is 17.5 Å². The molecule has 0 unspecified atom stereocenters. The molecule has 0 saturated carbocycles. The van der Waals surface area contributed by atoms with E-state index >= 15 is 0 Å². The molecule has 0 aliphatic rings. The van der Waals surface area contributed by atoms with Gasteiger partial charge < -0.3 is 10.6 Å². The number of anilines is 3. The largest absolute Gasteiger partial charge is 0.357 e. The molecule has 0 aliphatic heterocycles. The summed E-state index contributed by atoms with van der Waals surface area (Å²) in [4.78, 5) is 8.32. The van der Waals surface area contributed by atoms with Crippen LogP contribution in [0.2, 0.25) is 0 Å². The van der Waals surface area contributed by atoms with E-state index in [1.807, 2.05) is 0 Å². The molecule has 1 aromatic carbocycles. The van der Waals surface area contributed by atoms with Crippen LogP contribution in [0.3, 0.4) is 0 Å². The molecule has 0 amide bonds. The highest BCUT2D eigenvalue weighted by molar-refractivity contribution is 5.89. The summed E-state index contributed by atoms with van der Waals surface area (Å²) in [5, 5.41) is 12.7. The number of rotatable bonds is 3. The normalized spacial score (nSPS) is 10.8. The van der Waals surface area contributed by atoms with Gasteiger partial charge >= 0.3 is 0 Å². The van der Waals surface area contributed by atoms with Crippen molar-refractivity contribution in [2.75, 3.05) is 17.7 Å². The molecule has 2 heterocycles. The van der Waals surface area contributed by atoms with Crippen molar-refractivity contribution in [2.45, 2.75) is 0 Å². The first-order valence-corrected chi connectivity index (χ1v) is 5.78. The van der Waals surface area contributed by atoms with Crippen molar-refractivity contribution in [3.63, 3.8) is 0 Å². The summed E-state index contributed by atoms with van der Waals surface area (Å²) in [7, 11) is 1.66. The van der Waals surface area contributed by atoms with Gasteiger partial charge in [-0.25, -0.2) is 8.78 Å². The predicted molar refractivity (Wildman–Crippen MR) is 70.9 cm³/mol. The van der Waals surface area contributed by atoms with Crippen molar-refractivity contribution < 1.29 is 8.78 Å². The third-order valence-corrected chi connectivity index (χ3v) is 2.71. The number of nitrogens with zero attached hydrogens (tertiary/aromatic N) is 3. The SMILES string of the molecule is CNc1nc(Nc2cc(F)ccc2F)c2cn[nH]c2n1. The molecule has 102 valence electrons. The number of aromatic nitrogens is 4. The Kier molecular flexibility index (Phi) is 2.90. The van der Waals surface area contributed by atoms with Crippen LogP contribution in [0.15, 0.2) is 24.4 Å². The maximum atomic E-state index is 13.7. The minimum atomic E-state index is -0.576. The molecule has 20 heavy (non-hydrogen) atoms. The fourth-order valence-corrected chi connectivity index (χ4v) is 1.76. The van der Waals surface area contributed by atoms with Gasteiger partial charge in [-0.3, -0.25) is 5.10 Å². The second kappa shape index (κ2) is 4.72. The Morgan fingerprint density at radius 2 is 2.05 bits per heavy atom. The lowest BCUT2D eigenvalue weighted by Crippen LogP contribution is -2.02. The summed E-state index contributed by atoms with van der Waals surface area (Å²) in [6.45, 7) is 0. The van der Waals surface area contributed by atoms with Crippen LogP contribution < -0.4 is 10.6 Å². The van der Waals surface area contributed by atoms with Crippen molar-refractivity contribution in [2.24, 2.45) is 0 Å². The van der Waals surface area contributed by atoms with Gasteiger partial charge in [0.05, 0.1) is 17.3 Å². The Bertz CT molecular complexity index is 770. The lowest BCUT2D eigenvalue weighted by Gasteiger charge is -2.09. The van der Waals surface area contributed by atoms with Gasteiger partial charge in [0.15, 0.2) is 5.65 Å². The smallest absolute Gasteiger partial charge is 0.226 e. The van der Waals surface area contributed by atoms with Crippen LogP contribution in [0.5, 0.6) is 0 Å². The number of halogens is 2. The van der Waals surface area contributed by atoms with Crippen molar-refractivity contribution in [1.82, 2.24) is 20.2 Å². The van der Waals surface area contributed by atoms with Crippen molar-refractivity contribution in [1.29, 1.82) is 0 Å². The van der Waals surface area contributed by atoms with E-state index in [9.17, 15) is 8.78 Å². The molecule has 0 aliphatic carbocycles. The fraction of sp³-hybridized carbons (Fsp3) is 0.0833. The Morgan fingerprint density at radius 1 is 1.20 bits per heavy atom. The van der Waals surface area contributed by atoms with E-state index in [2.05, 4.69) is 30.8 Å². The summed E-state index contributed by atoms with van der Waals surface area (Å²) in [5.41, 5.74) is 0.483. The lowest BCUT2D eigenvalue weighted by molar-refractivity contribution is 0.603. The lowest BCUT2D eigenvalue weighted by atomic mass is 10.3. The summed E-state index contributed by atoms with van der Waals surface area (Å²) in [6, 6.07) is 3.15. The number of H-pyrrole nitrogens is 1. The Labute approximate surface area is 112 Å². The summed E-state index contributed by atoms with van der Waals surface area (Å²) in [6.07, 6.45) is 1.51. The Morgan fingerprint density at radius 3 is 2.85 bits per heavy atom. The summed E-state index contributed by atoms with van der Waals surface area (Å²) < 4.78 is 26.8. The first kappa shape index (κ1) is 12.3. The number of fused-ring (bicyclic) bond motifs is 1. The monoisotopic (exact) mass is 276 g/mol. The molecule has 0 atom stereocenters. The number of hydrogen-bond acceptors (Lipinski definition) is 5. The van der Waals surface area contributed by atoms with Crippen LogP contribution in [0, 0.1) is 11.6 Å². The van der Waals surface area contributed by atoms with Crippen LogP contribution in [0.1, 0.15) is 0 Å². The van der Waals surface area contributed by atoms with E-state index in [4.69, 9.17) is 0 Å². The van der Waals surface area contributed by atoms with E-state index in [1.54, 1.807) is 7.05 Å². The van der Waals surface area contributed by atoms with Gasteiger partial charge in [-0.05, 0) is 12.1 Å². The van der Waals surface area contributed by atoms with Crippen LogP contribution >= 0.6 is 0 Å². The Hall–Kier alpha value is -2.77. The minimum Gasteiger partial charge on any atom is -0.357 e. The molecule has 3 aromatic rings. The fourth-order valence-electron chi connectivity index (χ4n) is 1.76. The first-order valence-electron chi connectivity index (χ1n) is 5.78. The third kappa shape index (κ3) is 2.11. The molecule has 2 aromatic heterocycles. The molecule has 0 spiro atoms. The van der Waals surface area contributed by atoms with Crippen molar-refractivity contribution in [3.8, 4) is 0 Å². The molecule has 3 N–H and O–H groups in total. The molecule has 6 nitrogen and oxygen atoms in total. The Balaban J connectivity index is 2.09. The van der Waals surface area contributed by atoms with Crippen LogP contribution in [0.25, 0.3) is 11.0 Å². The zero-order chi connectivity index (χ0) is 14.1. The van der Waals surface area contributed by atoms with Crippen LogP contribution in [-0.4, -0.2) is 27.2 Å². The van der Waals surface area contributed by atoms with Gasteiger partial charge in [-0.15, -0.1) is 0 Å². The van der Waals surface area contributed by atoms with Gasteiger partial charge in [0, 0.05) is 13.1 Å². The van der Waals surface area contributed by atoms with Crippen molar-refractivity contribution >= 4 is 28.5 Å². The zero-order valence-electron chi connectivity index (χ0n) is 10.4. The van der Waals surface area contributed by atoms with Crippen LogP contribution in [-0.2, 0) is 0 Å². The van der Waals surface area contributed by atoms with Crippen molar-refractivity contribution in [3.05, 3.63) is 36.0 Å². The maximum absolute atomic E-state index is 13.7. The minimum absolute atomic E-state index is 0.00625. The first-order chi connectivity index (χ1) is 9.67.